The molecule has 146 valence electrons. The average Bonchev–Trinajstić information content (AvgIpc) is 2.58. The number of nitrogens with zero attached hydrogens (tertiary/aromatic N) is 1. The molecule has 0 bridgehead atoms. The summed E-state index contributed by atoms with van der Waals surface area (Å²) in [5.74, 6) is -0.523. The Morgan fingerprint density at radius 3 is 2.33 bits per heavy atom. The van der Waals surface area contributed by atoms with Gasteiger partial charge in [-0.3, -0.25) is 9.10 Å². The number of amides is 1. The van der Waals surface area contributed by atoms with E-state index in [-0.39, 0.29) is 18.3 Å². The first-order valence-corrected chi connectivity index (χ1v) is 10.3. The van der Waals surface area contributed by atoms with Crippen LogP contribution in [0.4, 0.5) is 10.1 Å². The zero-order valence-corrected chi connectivity index (χ0v) is 16.3. The van der Waals surface area contributed by atoms with E-state index in [1.807, 2.05) is 26.0 Å². The number of para-hydroxylation sites is 1. The van der Waals surface area contributed by atoms with Crippen molar-refractivity contribution < 1.29 is 22.3 Å². The fourth-order valence-electron chi connectivity index (χ4n) is 2.38. The van der Waals surface area contributed by atoms with Gasteiger partial charge in [-0.25, -0.2) is 12.8 Å². The van der Waals surface area contributed by atoms with Crippen LogP contribution in [0.25, 0.3) is 0 Å². The van der Waals surface area contributed by atoms with E-state index in [0.29, 0.717) is 0 Å². The average molecular weight is 394 g/mol. The lowest BCUT2D eigenvalue weighted by atomic mass is 10.2. The molecule has 0 radical (unpaired) electrons. The molecule has 2 rings (SSSR count). The zero-order chi connectivity index (χ0) is 20.0. The second kappa shape index (κ2) is 8.85. The molecule has 0 aliphatic rings. The summed E-state index contributed by atoms with van der Waals surface area (Å²) in [4.78, 5) is 12.2. The van der Waals surface area contributed by atoms with Gasteiger partial charge in [-0.05, 0) is 43.7 Å². The van der Waals surface area contributed by atoms with Crippen LogP contribution in [0.2, 0.25) is 0 Å². The van der Waals surface area contributed by atoms with Crippen molar-refractivity contribution in [2.75, 3.05) is 17.1 Å². The number of carbonyl (C=O) groups is 1. The molecule has 0 aromatic heterocycles. The fraction of sp³-hybridized carbons (Fsp3) is 0.316. The van der Waals surface area contributed by atoms with Gasteiger partial charge < -0.3 is 10.1 Å². The van der Waals surface area contributed by atoms with Gasteiger partial charge >= 0.3 is 0 Å². The highest BCUT2D eigenvalue weighted by atomic mass is 32.2. The summed E-state index contributed by atoms with van der Waals surface area (Å²) in [6.45, 7) is 3.57. The molecule has 8 heteroatoms. The van der Waals surface area contributed by atoms with Crippen molar-refractivity contribution in [3.05, 3.63) is 59.9 Å². The number of anilines is 1. The number of carbonyl (C=O) groups excluding carboxylic acids is 1. The molecule has 0 aliphatic heterocycles. The zero-order valence-electron chi connectivity index (χ0n) is 15.5. The Morgan fingerprint density at radius 2 is 1.78 bits per heavy atom. The molecule has 0 unspecified atom stereocenters. The van der Waals surface area contributed by atoms with Crippen molar-refractivity contribution in [3.8, 4) is 5.75 Å². The molecule has 0 saturated carbocycles. The van der Waals surface area contributed by atoms with Crippen molar-refractivity contribution in [1.82, 2.24) is 5.32 Å². The van der Waals surface area contributed by atoms with E-state index in [0.717, 1.165) is 27.9 Å². The molecule has 0 heterocycles. The van der Waals surface area contributed by atoms with E-state index < -0.39 is 28.3 Å². The highest BCUT2D eigenvalue weighted by molar-refractivity contribution is 7.92. The largest absolute Gasteiger partial charge is 0.491 e. The summed E-state index contributed by atoms with van der Waals surface area (Å²) in [7, 11) is -3.82. The van der Waals surface area contributed by atoms with Crippen molar-refractivity contribution in [2.45, 2.75) is 26.5 Å². The minimum Gasteiger partial charge on any atom is -0.491 e. The van der Waals surface area contributed by atoms with Gasteiger partial charge in [0.2, 0.25) is 15.9 Å². The molecule has 2 aromatic carbocycles. The number of hydrogen-bond acceptors (Lipinski definition) is 4. The molecule has 0 fully saturated rings. The van der Waals surface area contributed by atoms with E-state index in [2.05, 4.69) is 5.32 Å². The summed E-state index contributed by atoms with van der Waals surface area (Å²) in [5, 5.41) is 2.64. The summed E-state index contributed by atoms with van der Waals surface area (Å²) in [6, 6.07) is 12.6. The number of rotatable bonds is 8. The lowest BCUT2D eigenvalue weighted by Gasteiger charge is -2.22. The number of halogens is 1. The highest BCUT2D eigenvalue weighted by Crippen LogP contribution is 2.21. The lowest BCUT2D eigenvalue weighted by molar-refractivity contribution is -0.119. The minimum atomic E-state index is -3.82. The smallest absolute Gasteiger partial charge is 0.241 e. The molecule has 1 amide bonds. The second-order valence-electron chi connectivity index (χ2n) is 6.31. The van der Waals surface area contributed by atoms with E-state index in [9.17, 15) is 17.6 Å². The van der Waals surface area contributed by atoms with E-state index in [1.165, 1.54) is 18.2 Å². The SMILES string of the molecule is CC(C)Oc1ccc(CNC(=O)CN(c2ccccc2F)S(C)(=O)=O)cc1. The van der Waals surface area contributed by atoms with Crippen LogP contribution in [0.1, 0.15) is 19.4 Å². The van der Waals surface area contributed by atoms with Gasteiger partial charge in [0.1, 0.15) is 18.1 Å². The standard InChI is InChI=1S/C19H23FN2O4S/c1-14(2)26-16-10-8-15(9-11-16)12-21-19(23)13-22(27(3,24)25)18-7-5-4-6-17(18)20/h4-11,14H,12-13H2,1-3H3,(H,21,23). The Morgan fingerprint density at radius 1 is 1.15 bits per heavy atom. The highest BCUT2D eigenvalue weighted by Gasteiger charge is 2.23. The van der Waals surface area contributed by atoms with Crippen LogP contribution < -0.4 is 14.4 Å². The molecule has 27 heavy (non-hydrogen) atoms. The predicted octanol–water partition coefficient (Wildman–Crippen LogP) is 2.70. The van der Waals surface area contributed by atoms with Crippen LogP contribution in [-0.4, -0.2) is 33.2 Å². The Balaban J connectivity index is 2.01. The number of ether oxygens (including phenoxy) is 1. The molecular weight excluding hydrogens is 371 g/mol. The van der Waals surface area contributed by atoms with Gasteiger partial charge in [0.05, 0.1) is 18.0 Å². The van der Waals surface area contributed by atoms with Crippen molar-refractivity contribution in [2.24, 2.45) is 0 Å². The first-order valence-electron chi connectivity index (χ1n) is 8.41. The van der Waals surface area contributed by atoms with E-state index in [1.54, 1.807) is 12.1 Å². The normalized spacial score (nSPS) is 11.3. The molecule has 0 atom stereocenters. The fourth-order valence-corrected chi connectivity index (χ4v) is 3.24. The van der Waals surface area contributed by atoms with Crippen LogP contribution in [0.3, 0.4) is 0 Å². The lowest BCUT2D eigenvalue weighted by Crippen LogP contribution is -2.40. The maximum atomic E-state index is 13.9. The number of nitrogens with one attached hydrogen (secondary N) is 1. The molecule has 1 N–H and O–H groups in total. The third-order valence-electron chi connectivity index (χ3n) is 3.59. The summed E-state index contributed by atoms with van der Waals surface area (Å²) < 4.78 is 44.2. The number of benzene rings is 2. The van der Waals surface area contributed by atoms with Gasteiger partial charge in [-0.2, -0.15) is 0 Å². The second-order valence-corrected chi connectivity index (χ2v) is 8.22. The Bertz CT molecular complexity index is 883. The Kier molecular flexibility index (Phi) is 6.79. The van der Waals surface area contributed by atoms with Crippen LogP contribution in [0.5, 0.6) is 5.75 Å². The van der Waals surface area contributed by atoms with Crippen molar-refractivity contribution in [1.29, 1.82) is 0 Å². The first kappa shape index (κ1) is 20.7. The monoisotopic (exact) mass is 394 g/mol. The predicted molar refractivity (Wildman–Crippen MR) is 103 cm³/mol. The topological polar surface area (TPSA) is 75.7 Å². The van der Waals surface area contributed by atoms with Gasteiger partial charge in [0, 0.05) is 6.54 Å². The summed E-state index contributed by atoms with van der Waals surface area (Å²) in [5.41, 5.74) is 0.668. The Hall–Kier alpha value is -2.61. The molecule has 2 aromatic rings. The van der Waals surface area contributed by atoms with Crippen LogP contribution in [0, 0.1) is 5.82 Å². The number of sulfonamides is 1. The van der Waals surface area contributed by atoms with Crippen molar-refractivity contribution in [3.63, 3.8) is 0 Å². The van der Waals surface area contributed by atoms with Gasteiger partial charge in [-0.15, -0.1) is 0 Å². The third-order valence-corrected chi connectivity index (χ3v) is 4.72. The quantitative estimate of drug-likeness (QED) is 0.747. The number of hydrogen-bond donors (Lipinski definition) is 1. The van der Waals surface area contributed by atoms with Crippen LogP contribution in [-0.2, 0) is 21.4 Å². The molecule has 6 nitrogen and oxygen atoms in total. The minimum absolute atomic E-state index is 0.0657. The third kappa shape index (κ3) is 6.25. The molecule has 0 aliphatic carbocycles. The van der Waals surface area contributed by atoms with Gasteiger partial charge in [-0.1, -0.05) is 24.3 Å². The maximum absolute atomic E-state index is 13.9. The summed E-state index contributed by atoms with van der Waals surface area (Å²) >= 11 is 0. The van der Waals surface area contributed by atoms with Crippen LogP contribution >= 0.6 is 0 Å². The molecule has 0 saturated heterocycles. The van der Waals surface area contributed by atoms with Gasteiger partial charge in [0.25, 0.3) is 0 Å². The van der Waals surface area contributed by atoms with Gasteiger partial charge in [0.15, 0.2) is 0 Å². The van der Waals surface area contributed by atoms with Crippen LogP contribution in [0.15, 0.2) is 48.5 Å². The van der Waals surface area contributed by atoms with E-state index in [4.69, 9.17) is 4.74 Å². The Labute approximate surface area is 159 Å². The van der Waals surface area contributed by atoms with Crippen molar-refractivity contribution >= 4 is 21.6 Å². The first-order chi connectivity index (χ1) is 12.7. The van der Waals surface area contributed by atoms with E-state index >= 15 is 0 Å². The summed E-state index contributed by atoms with van der Waals surface area (Å²) in [6.07, 6.45) is 0.996. The molecular formula is C19H23FN2O4S. The molecule has 0 spiro atoms. The maximum Gasteiger partial charge on any atom is 0.241 e.